The first-order valence-electron chi connectivity index (χ1n) is 10.0. The third-order valence-corrected chi connectivity index (χ3v) is 5.97. The molecule has 162 valence electrons. The Morgan fingerprint density at radius 2 is 1.93 bits per heavy atom. The van der Waals surface area contributed by atoms with Gasteiger partial charge in [0.2, 0.25) is 5.95 Å². The zero-order chi connectivity index (χ0) is 22.1. The number of aromatic nitrogens is 4. The van der Waals surface area contributed by atoms with E-state index >= 15 is 0 Å². The van der Waals surface area contributed by atoms with Crippen LogP contribution in [0.5, 0.6) is 0 Å². The van der Waals surface area contributed by atoms with Gasteiger partial charge in [-0.1, -0.05) is 6.92 Å². The molecule has 0 fully saturated rings. The minimum Gasteiger partial charge on any atom is -0.398 e. The molecule has 0 amide bonds. The summed E-state index contributed by atoms with van der Waals surface area (Å²) < 4.78 is 3.14. The molecular formula is C21H30IN7O. The summed E-state index contributed by atoms with van der Waals surface area (Å²) in [4.78, 5) is 13.9. The Kier molecular flexibility index (Phi) is 6.71. The van der Waals surface area contributed by atoms with Gasteiger partial charge in [-0.25, -0.2) is 4.98 Å². The Morgan fingerprint density at radius 3 is 2.60 bits per heavy atom. The molecule has 0 saturated carbocycles. The van der Waals surface area contributed by atoms with E-state index in [0.717, 1.165) is 20.5 Å². The van der Waals surface area contributed by atoms with E-state index in [0.29, 0.717) is 30.4 Å². The van der Waals surface area contributed by atoms with E-state index in [9.17, 15) is 5.11 Å². The van der Waals surface area contributed by atoms with Crippen LogP contribution in [0.15, 0.2) is 24.5 Å². The summed E-state index contributed by atoms with van der Waals surface area (Å²) in [5, 5.41) is 16.9. The number of benzene rings is 1. The van der Waals surface area contributed by atoms with Crippen molar-refractivity contribution < 1.29 is 5.11 Å². The SMILES string of the molecule is CC(C)n1cnc2c(NCc3cc(I)ccc3N)nc(NCC(C)C(C)(C)O)nc21. The average Bonchev–Trinajstić information content (AvgIpc) is 3.10. The highest BCUT2D eigenvalue weighted by Gasteiger charge is 2.23. The molecule has 0 bridgehead atoms. The van der Waals surface area contributed by atoms with Crippen LogP contribution in [0.4, 0.5) is 17.5 Å². The van der Waals surface area contributed by atoms with Gasteiger partial charge in [0, 0.05) is 34.3 Å². The van der Waals surface area contributed by atoms with Crippen LogP contribution in [0.1, 0.15) is 46.2 Å². The van der Waals surface area contributed by atoms with Crippen molar-refractivity contribution in [3.8, 4) is 0 Å². The summed E-state index contributed by atoms with van der Waals surface area (Å²) >= 11 is 2.27. The summed E-state index contributed by atoms with van der Waals surface area (Å²) in [7, 11) is 0. The molecule has 1 unspecified atom stereocenters. The number of imidazole rings is 1. The van der Waals surface area contributed by atoms with Crippen molar-refractivity contribution in [2.45, 2.75) is 52.8 Å². The van der Waals surface area contributed by atoms with E-state index in [1.54, 1.807) is 20.2 Å². The molecule has 9 heteroatoms. The monoisotopic (exact) mass is 523 g/mol. The molecule has 0 radical (unpaired) electrons. The molecule has 2 aromatic heterocycles. The maximum absolute atomic E-state index is 10.2. The van der Waals surface area contributed by atoms with Gasteiger partial charge in [-0.3, -0.25) is 0 Å². The summed E-state index contributed by atoms with van der Waals surface area (Å²) in [6, 6.07) is 6.16. The Bertz CT molecular complexity index is 1030. The first kappa shape index (κ1) is 22.5. The quantitative estimate of drug-likeness (QED) is 0.261. The van der Waals surface area contributed by atoms with E-state index in [-0.39, 0.29) is 12.0 Å². The normalized spacial score (nSPS) is 13.1. The Labute approximate surface area is 190 Å². The molecule has 30 heavy (non-hydrogen) atoms. The third kappa shape index (κ3) is 5.12. The van der Waals surface area contributed by atoms with Crippen molar-refractivity contribution in [2.24, 2.45) is 5.92 Å². The maximum atomic E-state index is 10.2. The average molecular weight is 523 g/mol. The molecule has 3 rings (SSSR count). The number of nitrogens with zero attached hydrogens (tertiary/aromatic N) is 4. The second kappa shape index (κ2) is 8.93. The van der Waals surface area contributed by atoms with Crippen LogP contribution in [-0.2, 0) is 6.54 Å². The second-order valence-electron chi connectivity index (χ2n) is 8.45. The summed E-state index contributed by atoms with van der Waals surface area (Å²) in [5.41, 5.74) is 8.55. The summed E-state index contributed by atoms with van der Waals surface area (Å²) in [5.74, 6) is 1.17. The number of rotatable bonds is 8. The van der Waals surface area contributed by atoms with Crippen molar-refractivity contribution >= 4 is 51.2 Å². The molecule has 1 atom stereocenters. The smallest absolute Gasteiger partial charge is 0.226 e. The Hall–Kier alpha value is -2.14. The highest BCUT2D eigenvalue weighted by atomic mass is 127. The molecule has 0 aliphatic carbocycles. The molecule has 8 nitrogen and oxygen atoms in total. The summed E-state index contributed by atoms with van der Waals surface area (Å²) in [6.07, 6.45) is 1.79. The lowest BCUT2D eigenvalue weighted by Gasteiger charge is -2.26. The van der Waals surface area contributed by atoms with Gasteiger partial charge in [0.1, 0.15) is 0 Å². The first-order chi connectivity index (χ1) is 14.1. The molecule has 0 spiro atoms. The fourth-order valence-electron chi connectivity index (χ4n) is 2.90. The predicted molar refractivity (Wildman–Crippen MR) is 131 cm³/mol. The number of hydrogen-bond acceptors (Lipinski definition) is 7. The fourth-order valence-corrected chi connectivity index (χ4v) is 3.45. The summed E-state index contributed by atoms with van der Waals surface area (Å²) in [6.45, 7) is 10.9. The Balaban J connectivity index is 1.92. The minimum atomic E-state index is -0.792. The van der Waals surface area contributed by atoms with Gasteiger partial charge in [0.25, 0.3) is 0 Å². The van der Waals surface area contributed by atoms with E-state index < -0.39 is 5.60 Å². The van der Waals surface area contributed by atoms with Gasteiger partial charge >= 0.3 is 0 Å². The van der Waals surface area contributed by atoms with Crippen LogP contribution in [0.25, 0.3) is 11.2 Å². The van der Waals surface area contributed by atoms with Gasteiger partial charge in [-0.2, -0.15) is 9.97 Å². The van der Waals surface area contributed by atoms with Crippen molar-refractivity contribution in [3.05, 3.63) is 33.7 Å². The van der Waals surface area contributed by atoms with Crippen molar-refractivity contribution in [3.63, 3.8) is 0 Å². The predicted octanol–water partition coefficient (Wildman–Crippen LogP) is 4.03. The van der Waals surface area contributed by atoms with Crippen molar-refractivity contribution in [1.29, 1.82) is 0 Å². The minimum absolute atomic E-state index is 0.0226. The molecule has 1 aromatic carbocycles. The van der Waals surface area contributed by atoms with Gasteiger partial charge in [0.05, 0.1) is 11.9 Å². The topological polar surface area (TPSA) is 114 Å². The molecule has 2 heterocycles. The van der Waals surface area contributed by atoms with E-state index in [2.05, 4.69) is 68.1 Å². The van der Waals surface area contributed by atoms with Crippen LogP contribution in [-0.4, -0.2) is 36.8 Å². The van der Waals surface area contributed by atoms with Gasteiger partial charge in [-0.15, -0.1) is 0 Å². The van der Waals surface area contributed by atoms with E-state index in [1.807, 2.05) is 23.6 Å². The van der Waals surface area contributed by atoms with Crippen molar-refractivity contribution in [2.75, 3.05) is 22.9 Å². The van der Waals surface area contributed by atoms with Crippen LogP contribution >= 0.6 is 22.6 Å². The van der Waals surface area contributed by atoms with Gasteiger partial charge in [0.15, 0.2) is 17.0 Å². The lowest BCUT2D eigenvalue weighted by atomic mass is 9.93. The number of fused-ring (bicyclic) bond motifs is 1. The first-order valence-corrected chi connectivity index (χ1v) is 11.1. The molecule has 3 aromatic rings. The standard InChI is InChI=1S/C21H30IN7O/c1-12(2)29-11-26-17-18(24-10-14-8-15(22)6-7-16(14)23)27-20(28-19(17)29)25-9-13(3)21(4,5)30/h6-8,11-13,30H,9-10,23H2,1-5H3,(H2,24,25,27,28). The Morgan fingerprint density at radius 1 is 1.20 bits per heavy atom. The van der Waals surface area contributed by atoms with Gasteiger partial charge < -0.3 is 26.0 Å². The van der Waals surface area contributed by atoms with Crippen LogP contribution in [0.2, 0.25) is 0 Å². The number of anilines is 3. The number of nitrogens with one attached hydrogen (secondary N) is 2. The van der Waals surface area contributed by atoms with Crippen LogP contribution in [0, 0.1) is 9.49 Å². The van der Waals surface area contributed by atoms with Crippen LogP contribution in [0.3, 0.4) is 0 Å². The second-order valence-corrected chi connectivity index (χ2v) is 9.69. The van der Waals surface area contributed by atoms with Crippen molar-refractivity contribution in [1.82, 2.24) is 19.5 Å². The largest absolute Gasteiger partial charge is 0.398 e. The lowest BCUT2D eigenvalue weighted by molar-refractivity contribution is 0.0303. The highest BCUT2D eigenvalue weighted by molar-refractivity contribution is 14.1. The molecule has 0 aliphatic rings. The number of halogens is 1. The fraction of sp³-hybridized carbons (Fsp3) is 0.476. The lowest BCUT2D eigenvalue weighted by Crippen LogP contribution is -2.33. The molecule has 0 aliphatic heterocycles. The molecule has 5 N–H and O–H groups in total. The zero-order valence-corrected chi connectivity index (χ0v) is 20.2. The molecule has 0 saturated heterocycles. The van der Waals surface area contributed by atoms with Gasteiger partial charge in [-0.05, 0) is 74.0 Å². The maximum Gasteiger partial charge on any atom is 0.226 e. The zero-order valence-electron chi connectivity index (χ0n) is 18.1. The highest BCUT2D eigenvalue weighted by Crippen LogP contribution is 2.25. The van der Waals surface area contributed by atoms with E-state index in [4.69, 9.17) is 5.73 Å². The molecular weight excluding hydrogens is 493 g/mol. The van der Waals surface area contributed by atoms with E-state index in [1.165, 1.54) is 0 Å². The number of nitrogens with two attached hydrogens (primary N) is 1. The number of hydrogen-bond donors (Lipinski definition) is 4. The number of aliphatic hydroxyl groups is 1. The number of nitrogen functional groups attached to an aromatic ring is 1. The third-order valence-electron chi connectivity index (χ3n) is 5.30. The van der Waals surface area contributed by atoms with Crippen LogP contribution < -0.4 is 16.4 Å².